The van der Waals surface area contributed by atoms with E-state index in [-0.39, 0.29) is 12.5 Å². The smallest absolute Gasteiger partial charge is 0.258 e. The van der Waals surface area contributed by atoms with Crippen molar-refractivity contribution < 1.29 is 14.3 Å². The van der Waals surface area contributed by atoms with Crippen molar-refractivity contribution >= 4 is 11.9 Å². The van der Waals surface area contributed by atoms with Gasteiger partial charge in [-0.1, -0.05) is 30.3 Å². The lowest BCUT2D eigenvalue weighted by Crippen LogP contribution is -2.38. The van der Waals surface area contributed by atoms with Crippen LogP contribution in [-0.2, 0) is 11.3 Å². The highest BCUT2D eigenvalue weighted by Crippen LogP contribution is 2.18. The first-order valence-corrected chi connectivity index (χ1v) is 9.86. The minimum absolute atomic E-state index is 0.0397. The molecule has 7 heteroatoms. The standard InChI is InChI=1S/C22H28N4O3/c1-23-22(24-12-13-28-19-7-3-2-4-8-19)25-15-17-6-5-9-20(14-17)29-16-21(27)26-18-10-11-18/h2-9,14,18H,10-13,15-16H2,1H3,(H,26,27)(H2,23,24,25). The van der Waals surface area contributed by atoms with Gasteiger partial charge in [-0.3, -0.25) is 9.79 Å². The van der Waals surface area contributed by atoms with Gasteiger partial charge in [0.05, 0.1) is 6.54 Å². The van der Waals surface area contributed by atoms with Gasteiger partial charge in [0.2, 0.25) is 0 Å². The maximum absolute atomic E-state index is 11.7. The molecule has 29 heavy (non-hydrogen) atoms. The zero-order valence-electron chi connectivity index (χ0n) is 16.7. The van der Waals surface area contributed by atoms with E-state index in [1.54, 1.807) is 7.05 Å². The van der Waals surface area contributed by atoms with Gasteiger partial charge >= 0.3 is 0 Å². The number of guanidine groups is 1. The highest BCUT2D eigenvalue weighted by Gasteiger charge is 2.23. The van der Waals surface area contributed by atoms with E-state index < -0.39 is 0 Å². The van der Waals surface area contributed by atoms with Crippen molar-refractivity contribution in [2.45, 2.75) is 25.4 Å². The van der Waals surface area contributed by atoms with E-state index in [1.165, 1.54) is 0 Å². The van der Waals surface area contributed by atoms with Gasteiger partial charge in [0, 0.05) is 19.6 Å². The number of hydrogen-bond acceptors (Lipinski definition) is 4. The Hall–Kier alpha value is -3.22. The molecule has 0 aliphatic heterocycles. The van der Waals surface area contributed by atoms with Crippen LogP contribution in [0, 0.1) is 0 Å². The molecule has 1 amide bonds. The summed E-state index contributed by atoms with van der Waals surface area (Å²) in [6.07, 6.45) is 2.14. The third-order valence-electron chi connectivity index (χ3n) is 4.30. The molecule has 0 atom stereocenters. The lowest BCUT2D eigenvalue weighted by Gasteiger charge is -2.13. The summed E-state index contributed by atoms with van der Waals surface area (Å²) in [6.45, 7) is 1.80. The predicted octanol–water partition coefficient (Wildman–Crippen LogP) is 2.09. The van der Waals surface area contributed by atoms with Crippen molar-refractivity contribution in [1.82, 2.24) is 16.0 Å². The van der Waals surface area contributed by atoms with Crippen LogP contribution >= 0.6 is 0 Å². The number of hydrogen-bond donors (Lipinski definition) is 3. The minimum Gasteiger partial charge on any atom is -0.492 e. The fraction of sp³-hybridized carbons (Fsp3) is 0.364. The monoisotopic (exact) mass is 396 g/mol. The molecule has 1 aliphatic rings. The van der Waals surface area contributed by atoms with Gasteiger partial charge in [-0.2, -0.15) is 0 Å². The molecule has 2 aromatic rings. The van der Waals surface area contributed by atoms with Gasteiger partial charge in [0.25, 0.3) is 5.91 Å². The largest absolute Gasteiger partial charge is 0.492 e. The van der Waals surface area contributed by atoms with Crippen molar-refractivity contribution in [3.63, 3.8) is 0 Å². The van der Waals surface area contributed by atoms with E-state index in [1.807, 2.05) is 54.6 Å². The number of rotatable bonds is 10. The summed E-state index contributed by atoms with van der Waals surface area (Å²) in [7, 11) is 1.73. The summed E-state index contributed by atoms with van der Waals surface area (Å²) in [5, 5.41) is 9.39. The van der Waals surface area contributed by atoms with Gasteiger partial charge < -0.3 is 25.4 Å². The average Bonchev–Trinajstić information content (AvgIpc) is 3.57. The molecule has 0 bridgehead atoms. The van der Waals surface area contributed by atoms with Crippen LogP contribution in [0.2, 0.25) is 0 Å². The maximum atomic E-state index is 11.7. The molecule has 3 rings (SSSR count). The van der Waals surface area contributed by atoms with Crippen LogP contribution in [0.4, 0.5) is 0 Å². The van der Waals surface area contributed by atoms with E-state index >= 15 is 0 Å². The summed E-state index contributed by atoms with van der Waals surface area (Å²) < 4.78 is 11.2. The molecule has 0 aromatic heterocycles. The van der Waals surface area contributed by atoms with Crippen LogP contribution < -0.4 is 25.4 Å². The Kier molecular flexibility index (Phi) is 7.74. The van der Waals surface area contributed by atoms with Crippen molar-refractivity contribution in [2.24, 2.45) is 4.99 Å². The molecule has 1 fully saturated rings. The van der Waals surface area contributed by atoms with Crippen LogP contribution in [0.25, 0.3) is 0 Å². The fourth-order valence-corrected chi connectivity index (χ4v) is 2.65. The molecule has 1 saturated carbocycles. The Morgan fingerprint density at radius 1 is 1.03 bits per heavy atom. The van der Waals surface area contributed by atoms with Gasteiger partial charge in [-0.25, -0.2) is 0 Å². The fourth-order valence-electron chi connectivity index (χ4n) is 2.65. The molecule has 0 radical (unpaired) electrons. The molecular formula is C22H28N4O3. The Morgan fingerprint density at radius 3 is 2.59 bits per heavy atom. The Morgan fingerprint density at radius 2 is 1.83 bits per heavy atom. The molecular weight excluding hydrogens is 368 g/mol. The number of aliphatic imine (C=N–C) groups is 1. The molecule has 3 N–H and O–H groups in total. The van der Waals surface area contributed by atoms with Crippen LogP contribution in [-0.4, -0.2) is 44.7 Å². The van der Waals surface area contributed by atoms with Crippen molar-refractivity contribution in [3.8, 4) is 11.5 Å². The first-order valence-electron chi connectivity index (χ1n) is 9.86. The second-order valence-electron chi connectivity index (χ2n) is 6.79. The number of nitrogens with one attached hydrogen (secondary N) is 3. The number of amides is 1. The van der Waals surface area contributed by atoms with Gasteiger partial charge in [-0.15, -0.1) is 0 Å². The third-order valence-corrected chi connectivity index (χ3v) is 4.30. The minimum atomic E-state index is -0.0710. The van der Waals surface area contributed by atoms with E-state index in [9.17, 15) is 4.79 Å². The first-order chi connectivity index (χ1) is 14.2. The molecule has 0 heterocycles. The third kappa shape index (κ3) is 7.73. The quantitative estimate of drug-likeness (QED) is 0.325. The zero-order valence-corrected chi connectivity index (χ0v) is 16.7. The summed E-state index contributed by atoms with van der Waals surface area (Å²) in [5.74, 6) is 2.14. The van der Waals surface area contributed by atoms with E-state index in [4.69, 9.17) is 9.47 Å². The molecule has 7 nitrogen and oxygen atoms in total. The SMILES string of the molecule is CN=C(NCCOc1ccccc1)NCc1cccc(OCC(=O)NC2CC2)c1. The lowest BCUT2D eigenvalue weighted by molar-refractivity contribution is -0.123. The van der Waals surface area contributed by atoms with E-state index in [0.717, 1.165) is 24.2 Å². The van der Waals surface area contributed by atoms with Crippen LogP contribution in [0.5, 0.6) is 11.5 Å². The number of benzene rings is 2. The second kappa shape index (κ2) is 10.9. The van der Waals surface area contributed by atoms with Gasteiger partial charge in [0.15, 0.2) is 12.6 Å². The number of carbonyl (C=O) groups excluding carboxylic acids is 1. The molecule has 0 saturated heterocycles. The van der Waals surface area contributed by atoms with Gasteiger partial charge in [-0.05, 0) is 42.7 Å². The second-order valence-corrected chi connectivity index (χ2v) is 6.79. The van der Waals surface area contributed by atoms with Crippen molar-refractivity contribution in [1.29, 1.82) is 0 Å². The number of carbonyl (C=O) groups is 1. The number of para-hydroxylation sites is 1. The molecule has 154 valence electrons. The summed E-state index contributed by atoms with van der Waals surface area (Å²) in [4.78, 5) is 16.0. The van der Waals surface area contributed by atoms with Crippen LogP contribution in [0.1, 0.15) is 18.4 Å². The van der Waals surface area contributed by atoms with Crippen LogP contribution in [0.3, 0.4) is 0 Å². The summed E-state index contributed by atoms with van der Waals surface area (Å²) in [6, 6.07) is 17.7. The summed E-state index contributed by atoms with van der Waals surface area (Å²) in [5.41, 5.74) is 1.04. The maximum Gasteiger partial charge on any atom is 0.258 e. The lowest BCUT2D eigenvalue weighted by atomic mass is 10.2. The highest BCUT2D eigenvalue weighted by molar-refractivity contribution is 5.79. The average molecular weight is 396 g/mol. The topological polar surface area (TPSA) is 84.0 Å². The van der Waals surface area contributed by atoms with Crippen molar-refractivity contribution in [3.05, 3.63) is 60.2 Å². The Balaban J connectivity index is 1.36. The number of nitrogens with zero attached hydrogens (tertiary/aromatic N) is 1. The molecule has 0 unspecified atom stereocenters. The van der Waals surface area contributed by atoms with Crippen LogP contribution in [0.15, 0.2) is 59.6 Å². The van der Waals surface area contributed by atoms with Gasteiger partial charge in [0.1, 0.15) is 18.1 Å². The normalized spacial score (nSPS) is 13.5. The first kappa shape index (κ1) is 20.5. The van der Waals surface area contributed by atoms with E-state index in [0.29, 0.717) is 37.4 Å². The zero-order chi connectivity index (χ0) is 20.3. The summed E-state index contributed by atoms with van der Waals surface area (Å²) >= 11 is 0. The Labute approximate surface area is 171 Å². The molecule has 1 aliphatic carbocycles. The Bertz CT molecular complexity index is 807. The highest BCUT2D eigenvalue weighted by atomic mass is 16.5. The van der Waals surface area contributed by atoms with Crippen molar-refractivity contribution in [2.75, 3.05) is 26.8 Å². The number of ether oxygens (including phenoxy) is 2. The molecule has 0 spiro atoms. The predicted molar refractivity (Wildman–Crippen MR) is 113 cm³/mol. The molecule has 2 aromatic carbocycles. The van der Waals surface area contributed by atoms with E-state index in [2.05, 4.69) is 20.9 Å².